The van der Waals surface area contributed by atoms with Crippen LogP contribution in [0.25, 0.3) is 11.4 Å². The van der Waals surface area contributed by atoms with Crippen LogP contribution in [0, 0.1) is 5.92 Å². The molecule has 1 saturated heterocycles. The molecule has 1 aliphatic rings. The predicted octanol–water partition coefficient (Wildman–Crippen LogP) is 3.25. The van der Waals surface area contributed by atoms with E-state index in [0.29, 0.717) is 36.4 Å². The van der Waals surface area contributed by atoms with E-state index >= 15 is 0 Å². The highest BCUT2D eigenvalue weighted by Crippen LogP contribution is 2.21. The van der Waals surface area contributed by atoms with Gasteiger partial charge in [0, 0.05) is 31.5 Å². The Kier molecular flexibility index (Phi) is 6.61. The van der Waals surface area contributed by atoms with Gasteiger partial charge < -0.3 is 14.7 Å². The molecule has 2 heterocycles. The summed E-state index contributed by atoms with van der Waals surface area (Å²) in [7, 11) is 1.96. The lowest BCUT2D eigenvalue weighted by Crippen LogP contribution is -2.42. The summed E-state index contributed by atoms with van der Waals surface area (Å²) in [5, 5.41) is 7.28. The second kappa shape index (κ2) is 9.13. The first kappa shape index (κ1) is 19.5. The molecule has 3 rings (SSSR count). The molecule has 0 spiro atoms. The molecule has 1 unspecified atom stereocenters. The Labute approximate surface area is 161 Å². The Balaban J connectivity index is 1.54. The zero-order valence-corrected chi connectivity index (χ0v) is 16.6. The largest absolute Gasteiger partial charge is 0.342 e. The molecule has 0 aliphatic carbocycles. The van der Waals surface area contributed by atoms with Crippen LogP contribution in [-0.2, 0) is 11.2 Å². The summed E-state index contributed by atoms with van der Waals surface area (Å²) in [5.41, 5.74) is 2.22. The van der Waals surface area contributed by atoms with E-state index in [0.717, 1.165) is 31.6 Å². The number of aryl methyl sites for hydroxylation is 1. The van der Waals surface area contributed by atoms with E-state index < -0.39 is 0 Å². The molecular formula is C21H30N4O2. The normalized spacial score (nSPS) is 17.5. The van der Waals surface area contributed by atoms with Crippen LogP contribution in [0.2, 0.25) is 0 Å². The van der Waals surface area contributed by atoms with Crippen molar-refractivity contribution < 1.29 is 9.32 Å². The van der Waals surface area contributed by atoms with E-state index in [1.807, 2.05) is 24.1 Å². The van der Waals surface area contributed by atoms with Crippen molar-refractivity contribution in [2.45, 2.75) is 45.4 Å². The van der Waals surface area contributed by atoms with E-state index in [-0.39, 0.29) is 5.91 Å². The summed E-state index contributed by atoms with van der Waals surface area (Å²) in [4.78, 5) is 19.0. The van der Waals surface area contributed by atoms with Crippen LogP contribution in [0.3, 0.4) is 0 Å². The summed E-state index contributed by atoms with van der Waals surface area (Å²) in [6, 6.07) is 8.23. The average Bonchev–Trinajstić information content (AvgIpc) is 3.16. The van der Waals surface area contributed by atoms with Gasteiger partial charge in [-0.3, -0.25) is 4.79 Å². The van der Waals surface area contributed by atoms with Gasteiger partial charge in [0.1, 0.15) is 0 Å². The molecule has 1 aromatic carbocycles. The zero-order chi connectivity index (χ0) is 19.2. The number of carbonyl (C=O) groups excluding carboxylic acids is 1. The number of likely N-dealkylation sites (tertiary alicyclic amines) is 1. The number of hydrogen-bond acceptors (Lipinski definition) is 5. The first-order chi connectivity index (χ1) is 13.1. The standard InChI is InChI=1S/C21H30N4O2/c1-15(2)17-6-8-18(9-7-17)21-23-19(27-24-21)10-11-20(26)25-12-4-5-16(14-25)13-22-3/h6-9,15-16,22H,4-5,10-14H2,1-3H3. The maximum atomic E-state index is 12.5. The molecular weight excluding hydrogens is 340 g/mol. The third kappa shape index (κ3) is 5.16. The lowest BCUT2D eigenvalue weighted by atomic mass is 9.97. The first-order valence-electron chi connectivity index (χ1n) is 9.92. The molecule has 1 atom stereocenters. The molecule has 6 heteroatoms. The molecule has 2 aromatic rings. The maximum absolute atomic E-state index is 12.5. The number of amides is 1. The first-order valence-corrected chi connectivity index (χ1v) is 9.92. The van der Waals surface area contributed by atoms with Crippen molar-refractivity contribution in [3.63, 3.8) is 0 Å². The number of nitrogens with zero attached hydrogens (tertiary/aromatic N) is 3. The third-order valence-corrected chi connectivity index (χ3v) is 5.22. The van der Waals surface area contributed by atoms with Gasteiger partial charge in [-0.25, -0.2) is 0 Å². The van der Waals surface area contributed by atoms with E-state index in [1.165, 1.54) is 12.0 Å². The minimum absolute atomic E-state index is 0.178. The third-order valence-electron chi connectivity index (χ3n) is 5.22. The van der Waals surface area contributed by atoms with Crippen LogP contribution in [0.5, 0.6) is 0 Å². The highest BCUT2D eigenvalue weighted by atomic mass is 16.5. The van der Waals surface area contributed by atoms with Crippen molar-refractivity contribution in [1.29, 1.82) is 0 Å². The second-order valence-corrected chi connectivity index (χ2v) is 7.69. The quantitative estimate of drug-likeness (QED) is 0.810. The van der Waals surface area contributed by atoms with Crippen molar-refractivity contribution in [2.24, 2.45) is 5.92 Å². The van der Waals surface area contributed by atoms with Gasteiger partial charge in [0.05, 0.1) is 0 Å². The Morgan fingerprint density at radius 2 is 2.11 bits per heavy atom. The summed E-state index contributed by atoms with van der Waals surface area (Å²) >= 11 is 0. The van der Waals surface area contributed by atoms with Gasteiger partial charge in [0.25, 0.3) is 0 Å². The summed E-state index contributed by atoms with van der Waals surface area (Å²) in [6.07, 6.45) is 3.17. The molecule has 1 aromatic heterocycles. The average molecular weight is 370 g/mol. The lowest BCUT2D eigenvalue weighted by molar-refractivity contribution is -0.133. The molecule has 1 N–H and O–H groups in total. The lowest BCUT2D eigenvalue weighted by Gasteiger charge is -2.32. The fourth-order valence-corrected chi connectivity index (χ4v) is 3.61. The Morgan fingerprint density at radius 1 is 1.33 bits per heavy atom. The minimum atomic E-state index is 0.178. The van der Waals surface area contributed by atoms with Crippen molar-refractivity contribution >= 4 is 5.91 Å². The Morgan fingerprint density at radius 3 is 2.81 bits per heavy atom. The van der Waals surface area contributed by atoms with Crippen LogP contribution in [0.4, 0.5) is 0 Å². The van der Waals surface area contributed by atoms with Crippen molar-refractivity contribution in [2.75, 3.05) is 26.7 Å². The van der Waals surface area contributed by atoms with E-state index in [1.54, 1.807) is 0 Å². The van der Waals surface area contributed by atoms with E-state index in [4.69, 9.17) is 4.52 Å². The SMILES string of the molecule is CNCC1CCCN(C(=O)CCc2nc(-c3ccc(C(C)C)cc3)no2)C1. The number of carbonyl (C=O) groups is 1. The molecule has 1 aliphatic heterocycles. The van der Waals surface area contributed by atoms with Gasteiger partial charge in [-0.05, 0) is 43.8 Å². The van der Waals surface area contributed by atoms with Crippen molar-refractivity contribution in [1.82, 2.24) is 20.4 Å². The molecule has 0 bridgehead atoms. The predicted molar refractivity (Wildman–Crippen MR) is 105 cm³/mol. The van der Waals surface area contributed by atoms with Crippen LogP contribution >= 0.6 is 0 Å². The molecule has 6 nitrogen and oxygen atoms in total. The molecule has 27 heavy (non-hydrogen) atoms. The van der Waals surface area contributed by atoms with Crippen LogP contribution < -0.4 is 5.32 Å². The monoisotopic (exact) mass is 370 g/mol. The topological polar surface area (TPSA) is 71.3 Å². The highest BCUT2D eigenvalue weighted by molar-refractivity contribution is 5.76. The van der Waals surface area contributed by atoms with Gasteiger partial charge in [-0.1, -0.05) is 43.3 Å². The van der Waals surface area contributed by atoms with Gasteiger partial charge in [0.15, 0.2) is 0 Å². The fourth-order valence-electron chi connectivity index (χ4n) is 3.61. The second-order valence-electron chi connectivity index (χ2n) is 7.69. The van der Waals surface area contributed by atoms with Crippen LogP contribution in [0.1, 0.15) is 50.5 Å². The Bertz CT molecular complexity index is 737. The van der Waals surface area contributed by atoms with Crippen LogP contribution in [-0.4, -0.2) is 47.6 Å². The fraction of sp³-hybridized carbons (Fsp3) is 0.571. The van der Waals surface area contributed by atoms with E-state index in [9.17, 15) is 4.79 Å². The van der Waals surface area contributed by atoms with E-state index in [2.05, 4.69) is 41.4 Å². The maximum Gasteiger partial charge on any atom is 0.227 e. The van der Waals surface area contributed by atoms with Gasteiger partial charge in [-0.15, -0.1) is 0 Å². The number of aromatic nitrogens is 2. The van der Waals surface area contributed by atoms with Gasteiger partial charge >= 0.3 is 0 Å². The number of rotatable bonds is 7. The zero-order valence-electron chi connectivity index (χ0n) is 16.6. The van der Waals surface area contributed by atoms with Gasteiger partial charge in [0.2, 0.25) is 17.6 Å². The number of piperidine rings is 1. The van der Waals surface area contributed by atoms with Crippen molar-refractivity contribution in [3.8, 4) is 11.4 Å². The molecule has 1 fully saturated rings. The number of hydrogen-bond donors (Lipinski definition) is 1. The Hall–Kier alpha value is -2.21. The summed E-state index contributed by atoms with van der Waals surface area (Å²) in [5.74, 6) is 2.33. The number of benzene rings is 1. The van der Waals surface area contributed by atoms with Crippen molar-refractivity contribution in [3.05, 3.63) is 35.7 Å². The molecule has 0 radical (unpaired) electrons. The summed E-state index contributed by atoms with van der Waals surface area (Å²) < 4.78 is 5.35. The molecule has 1 amide bonds. The van der Waals surface area contributed by atoms with Gasteiger partial charge in [-0.2, -0.15) is 4.98 Å². The molecule has 146 valence electrons. The van der Waals surface area contributed by atoms with Crippen LogP contribution in [0.15, 0.2) is 28.8 Å². The smallest absolute Gasteiger partial charge is 0.227 e. The number of nitrogens with one attached hydrogen (secondary N) is 1. The molecule has 0 saturated carbocycles. The minimum Gasteiger partial charge on any atom is -0.342 e. The summed E-state index contributed by atoms with van der Waals surface area (Å²) in [6.45, 7) is 7.00. The highest BCUT2D eigenvalue weighted by Gasteiger charge is 2.23.